The van der Waals surface area contributed by atoms with Crippen molar-refractivity contribution in [3.05, 3.63) is 93.0 Å². The number of nitrogens with zero attached hydrogens (tertiary/aromatic N) is 1. The number of carbonyl (C=O) groups is 2. The third-order valence-electron chi connectivity index (χ3n) is 5.02. The predicted octanol–water partition coefficient (Wildman–Crippen LogP) is 4.67. The van der Waals surface area contributed by atoms with Crippen LogP contribution in [0.25, 0.3) is 0 Å². The maximum atomic E-state index is 12.6. The highest BCUT2D eigenvalue weighted by Crippen LogP contribution is 2.27. The third kappa shape index (κ3) is 7.44. The molecule has 3 rings (SSSR count). The lowest BCUT2D eigenvalue weighted by molar-refractivity contribution is -0.383. The highest BCUT2D eigenvalue weighted by Gasteiger charge is 2.15. The number of aryl methyl sites for hydroxylation is 1. The lowest BCUT2D eigenvalue weighted by Crippen LogP contribution is -2.29. The third-order valence-corrected chi connectivity index (χ3v) is 5.25. The summed E-state index contributed by atoms with van der Waals surface area (Å²) < 4.78 is 5.59. The van der Waals surface area contributed by atoms with E-state index < -0.39 is 10.8 Å². The van der Waals surface area contributed by atoms with E-state index in [1.807, 2.05) is 24.3 Å². The van der Waals surface area contributed by atoms with Crippen molar-refractivity contribution < 1.29 is 19.2 Å². The normalized spacial score (nSPS) is 10.3. The Morgan fingerprint density at radius 3 is 2.49 bits per heavy atom. The van der Waals surface area contributed by atoms with E-state index in [0.29, 0.717) is 11.4 Å². The van der Waals surface area contributed by atoms with Gasteiger partial charge < -0.3 is 20.7 Å². The van der Waals surface area contributed by atoms with Crippen LogP contribution in [-0.2, 0) is 11.2 Å². The minimum Gasteiger partial charge on any atom is -0.483 e. The Bertz CT molecular complexity index is 1200. The molecule has 3 aromatic rings. The van der Waals surface area contributed by atoms with E-state index in [1.165, 1.54) is 17.7 Å². The number of carbonyl (C=O) groups excluding carboxylic acids is 2. The van der Waals surface area contributed by atoms with Gasteiger partial charge in [-0.1, -0.05) is 42.8 Å². The van der Waals surface area contributed by atoms with Crippen molar-refractivity contribution in [2.24, 2.45) is 0 Å². The highest BCUT2D eigenvalue weighted by molar-refractivity contribution is 6.30. The van der Waals surface area contributed by atoms with E-state index in [0.717, 1.165) is 6.42 Å². The summed E-state index contributed by atoms with van der Waals surface area (Å²) in [4.78, 5) is 35.5. The van der Waals surface area contributed by atoms with Crippen molar-refractivity contribution in [3.8, 4) is 5.75 Å². The Labute approximate surface area is 207 Å². The Balaban J connectivity index is 1.51. The number of anilines is 2. The molecule has 0 fully saturated rings. The summed E-state index contributed by atoms with van der Waals surface area (Å²) in [5, 5.41) is 19.8. The van der Waals surface area contributed by atoms with Crippen LogP contribution in [0.2, 0.25) is 5.02 Å². The van der Waals surface area contributed by atoms with Gasteiger partial charge in [-0.05, 0) is 48.4 Å². The summed E-state index contributed by atoms with van der Waals surface area (Å²) >= 11 is 5.82. The number of halogens is 1. The van der Waals surface area contributed by atoms with Gasteiger partial charge in [0.15, 0.2) is 6.61 Å². The molecule has 0 aromatic heterocycles. The van der Waals surface area contributed by atoms with Crippen molar-refractivity contribution in [1.29, 1.82) is 0 Å². The SMILES string of the molecule is CCc1ccc(NC(=O)COc2ccccc2C(=O)NCCNc2ccc(Cl)cc2[N+](=O)[O-])cc1. The van der Waals surface area contributed by atoms with Crippen molar-refractivity contribution in [3.63, 3.8) is 0 Å². The fraction of sp³-hybridized carbons (Fsp3) is 0.200. The second-order valence-corrected chi connectivity index (χ2v) is 7.92. The van der Waals surface area contributed by atoms with E-state index >= 15 is 0 Å². The van der Waals surface area contributed by atoms with Crippen molar-refractivity contribution >= 4 is 40.5 Å². The van der Waals surface area contributed by atoms with Crippen LogP contribution < -0.4 is 20.7 Å². The number of nitrogens with one attached hydrogen (secondary N) is 3. The number of rotatable bonds is 11. The first-order valence-electron chi connectivity index (χ1n) is 10.9. The molecule has 0 bridgehead atoms. The molecule has 10 heteroatoms. The number of hydrogen-bond donors (Lipinski definition) is 3. The molecule has 35 heavy (non-hydrogen) atoms. The minimum absolute atomic E-state index is 0.151. The predicted molar refractivity (Wildman–Crippen MR) is 135 cm³/mol. The molecule has 0 aliphatic carbocycles. The van der Waals surface area contributed by atoms with E-state index in [1.54, 1.807) is 30.3 Å². The number of para-hydroxylation sites is 1. The molecule has 2 amide bonds. The minimum atomic E-state index is -0.531. The number of ether oxygens (including phenoxy) is 1. The maximum absolute atomic E-state index is 12.6. The van der Waals surface area contributed by atoms with Crippen LogP contribution in [-0.4, -0.2) is 36.4 Å². The Morgan fingerprint density at radius 1 is 1.03 bits per heavy atom. The summed E-state index contributed by atoms with van der Waals surface area (Å²) in [5.74, 6) is -0.482. The molecule has 0 atom stereocenters. The van der Waals surface area contributed by atoms with Crippen LogP contribution in [0.4, 0.5) is 17.1 Å². The first-order valence-corrected chi connectivity index (χ1v) is 11.3. The zero-order valence-electron chi connectivity index (χ0n) is 19.0. The van der Waals surface area contributed by atoms with Gasteiger partial charge >= 0.3 is 0 Å². The molecule has 0 aliphatic rings. The Kier molecular flexibility index (Phi) is 9.02. The first-order chi connectivity index (χ1) is 16.9. The summed E-state index contributed by atoms with van der Waals surface area (Å²) in [5.41, 5.74) is 2.25. The molecule has 0 aliphatic heterocycles. The number of nitro groups is 1. The summed E-state index contributed by atoms with van der Waals surface area (Å²) in [6.45, 7) is 2.23. The van der Waals surface area contributed by atoms with Gasteiger partial charge in [-0.25, -0.2) is 0 Å². The monoisotopic (exact) mass is 496 g/mol. The average molecular weight is 497 g/mol. The average Bonchev–Trinajstić information content (AvgIpc) is 2.86. The van der Waals surface area contributed by atoms with Gasteiger partial charge in [0.25, 0.3) is 17.5 Å². The number of nitro benzene ring substituents is 1. The molecule has 9 nitrogen and oxygen atoms in total. The van der Waals surface area contributed by atoms with Crippen LogP contribution in [0, 0.1) is 10.1 Å². The van der Waals surface area contributed by atoms with Gasteiger partial charge in [-0.3, -0.25) is 19.7 Å². The molecule has 0 saturated carbocycles. The maximum Gasteiger partial charge on any atom is 0.293 e. The van der Waals surface area contributed by atoms with Gasteiger partial charge in [0.1, 0.15) is 11.4 Å². The molecular weight excluding hydrogens is 472 g/mol. The summed E-state index contributed by atoms with van der Waals surface area (Å²) in [7, 11) is 0. The van der Waals surface area contributed by atoms with Crippen LogP contribution in [0.1, 0.15) is 22.8 Å². The molecule has 0 unspecified atom stereocenters. The molecule has 3 aromatic carbocycles. The van der Waals surface area contributed by atoms with Crippen LogP contribution in [0.15, 0.2) is 66.7 Å². The summed E-state index contributed by atoms with van der Waals surface area (Å²) in [6.07, 6.45) is 0.910. The smallest absolute Gasteiger partial charge is 0.293 e. The fourth-order valence-corrected chi connectivity index (χ4v) is 3.38. The number of amides is 2. The van der Waals surface area contributed by atoms with Crippen LogP contribution in [0.3, 0.4) is 0 Å². The molecule has 0 radical (unpaired) electrons. The zero-order chi connectivity index (χ0) is 25.2. The quantitative estimate of drug-likeness (QED) is 0.201. The van der Waals surface area contributed by atoms with Crippen molar-refractivity contribution in [2.45, 2.75) is 13.3 Å². The lowest BCUT2D eigenvalue weighted by atomic mass is 10.1. The van der Waals surface area contributed by atoms with Crippen LogP contribution >= 0.6 is 11.6 Å². The second kappa shape index (κ2) is 12.4. The van der Waals surface area contributed by atoms with Gasteiger partial charge in [-0.15, -0.1) is 0 Å². The van der Waals surface area contributed by atoms with E-state index in [4.69, 9.17) is 16.3 Å². The van der Waals surface area contributed by atoms with Crippen LogP contribution in [0.5, 0.6) is 5.75 Å². The Hall–Kier alpha value is -4.11. The molecule has 3 N–H and O–H groups in total. The zero-order valence-corrected chi connectivity index (χ0v) is 19.8. The topological polar surface area (TPSA) is 123 Å². The molecule has 182 valence electrons. The Morgan fingerprint density at radius 2 is 1.77 bits per heavy atom. The van der Waals surface area contributed by atoms with Crippen molar-refractivity contribution in [1.82, 2.24) is 5.32 Å². The van der Waals surface area contributed by atoms with E-state index in [2.05, 4.69) is 22.9 Å². The lowest BCUT2D eigenvalue weighted by Gasteiger charge is -2.13. The number of benzene rings is 3. The van der Waals surface area contributed by atoms with Gasteiger partial charge in [-0.2, -0.15) is 0 Å². The van der Waals surface area contributed by atoms with E-state index in [9.17, 15) is 19.7 Å². The molecular formula is C25H25ClN4O5. The van der Waals surface area contributed by atoms with Gasteiger partial charge in [0, 0.05) is 29.9 Å². The van der Waals surface area contributed by atoms with Gasteiger partial charge in [0.2, 0.25) is 0 Å². The fourth-order valence-electron chi connectivity index (χ4n) is 3.22. The molecule has 0 heterocycles. The standard InChI is InChI=1S/C25H25ClN4O5/c1-2-17-7-10-19(11-8-17)29-24(31)16-35-23-6-4-3-5-20(23)25(32)28-14-13-27-21-12-9-18(26)15-22(21)30(33)34/h3-12,15,27H,2,13-14,16H2,1H3,(H,28,32)(H,29,31). The highest BCUT2D eigenvalue weighted by atomic mass is 35.5. The molecule has 0 saturated heterocycles. The largest absolute Gasteiger partial charge is 0.483 e. The number of hydrogen-bond acceptors (Lipinski definition) is 6. The first kappa shape index (κ1) is 25.5. The molecule has 0 spiro atoms. The van der Waals surface area contributed by atoms with Crippen molar-refractivity contribution in [2.75, 3.05) is 30.3 Å². The van der Waals surface area contributed by atoms with E-state index in [-0.39, 0.29) is 47.6 Å². The second-order valence-electron chi connectivity index (χ2n) is 7.48. The van der Waals surface area contributed by atoms with Gasteiger partial charge in [0.05, 0.1) is 10.5 Å². The summed E-state index contributed by atoms with van der Waals surface area (Å²) in [6, 6.07) is 18.4.